The van der Waals surface area contributed by atoms with Gasteiger partial charge in [-0.15, -0.1) is 0 Å². The maximum Gasteiger partial charge on any atom is 0.262 e. The predicted molar refractivity (Wildman–Crippen MR) is 106 cm³/mol. The molecule has 1 heterocycles. The lowest BCUT2D eigenvalue weighted by Crippen LogP contribution is -2.20. The first-order valence-electron chi connectivity index (χ1n) is 8.76. The molecule has 6 nitrogen and oxygen atoms in total. The quantitative estimate of drug-likeness (QED) is 0.543. The number of aromatic nitrogens is 2. The largest absolute Gasteiger partial charge is 0.484 e. The standard InChI is InChI=1S/C22H17N3O3/c26-20(15-27-17-11-5-2-6-12-17)23-19-14-8-7-13-18(19)22-24-21(25-28-22)16-9-3-1-4-10-16/h1-14H,15H2,(H,23,26). The normalized spacial score (nSPS) is 10.4. The molecule has 0 aliphatic rings. The van der Waals surface area contributed by atoms with Gasteiger partial charge in [0.25, 0.3) is 11.8 Å². The van der Waals surface area contributed by atoms with Crippen molar-refractivity contribution in [2.45, 2.75) is 0 Å². The Morgan fingerprint density at radius 2 is 1.57 bits per heavy atom. The fourth-order valence-corrected chi connectivity index (χ4v) is 2.67. The van der Waals surface area contributed by atoms with E-state index in [9.17, 15) is 4.79 Å². The fourth-order valence-electron chi connectivity index (χ4n) is 2.67. The molecule has 0 saturated heterocycles. The number of carbonyl (C=O) groups is 1. The SMILES string of the molecule is O=C(COc1ccccc1)Nc1ccccc1-c1nc(-c2ccccc2)no1. The maximum absolute atomic E-state index is 12.3. The smallest absolute Gasteiger partial charge is 0.262 e. The third kappa shape index (κ3) is 4.07. The summed E-state index contributed by atoms with van der Waals surface area (Å²) >= 11 is 0. The van der Waals surface area contributed by atoms with Crippen molar-refractivity contribution in [3.8, 4) is 28.6 Å². The van der Waals surface area contributed by atoms with E-state index < -0.39 is 0 Å². The molecule has 0 atom stereocenters. The molecule has 0 aliphatic heterocycles. The van der Waals surface area contributed by atoms with Gasteiger partial charge in [0, 0.05) is 5.56 Å². The molecule has 3 aromatic carbocycles. The van der Waals surface area contributed by atoms with Gasteiger partial charge in [0.05, 0.1) is 11.3 Å². The highest BCUT2D eigenvalue weighted by Gasteiger charge is 2.15. The summed E-state index contributed by atoms with van der Waals surface area (Å²) in [5.74, 6) is 1.18. The third-order valence-electron chi connectivity index (χ3n) is 4.00. The van der Waals surface area contributed by atoms with E-state index in [1.807, 2.05) is 66.7 Å². The lowest BCUT2D eigenvalue weighted by atomic mass is 10.1. The minimum absolute atomic E-state index is 0.0998. The van der Waals surface area contributed by atoms with Crippen molar-refractivity contribution in [2.24, 2.45) is 0 Å². The summed E-state index contributed by atoms with van der Waals surface area (Å²) in [4.78, 5) is 16.7. The van der Waals surface area contributed by atoms with Crippen molar-refractivity contribution < 1.29 is 14.1 Å². The van der Waals surface area contributed by atoms with Crippen molar-refractivity contribution in [1.29, 1.82) is 0 Å². The summed E-state index contributed by atoms with van der Waals surface area (Å²) in [6, 6.07) is 26.0. The molecular formula is C22H17N3O3. The summed E-state index contributed by atoms with van der Waals surface area (Å²) in [7, 11) is 0. The molecular weight excluding hydrogens is 354 g/mol. The number of rotatable bonds is 6. The van der Waals surface area contributed by atoms with E-state index in [0.29, 0.717) is 28.7 Å². The zero-order valence-electron chi connectivity index (χ0n) is 14.9. The first kappa shape index (κ1) is 17.5. The number of anilines is 1. The van der Waals surface area contributed by atoms with Gasteiger partial charge in [-0.25, -0.2) is 0 Å². The van der Waals surface area contributed by atoms with E-state index in [1.54, 1.807) is 18.2 Å². The van der Waals surface area contributed by atoms with E-state index in [1.165, 1.54) is 0 Å². The van der Waals surface area contributed by atoms with E-state index >= 15 is 0 Å². The number of nitrogens with one attached hydrogen (secondary N) is 1. The Morgan fingerprint density at radius 3 is 2.36 bits per heavy atom. The number of hydrogen-bond acceptors (Lipinski definition) is 5. The molecule has 1 N–H and O–H groups in total. The van der Waals surface area contributed by atoms with Crippen LogP contribution < -0.4 is 10.1 Å². The number of ether oxygens (including phenoxy) is 1. The Bertz CT molecular complexity index is 1060. The first-order chi connectivity index (χ1) is 13.8. The van der Waals surface area contributed by atoms with Crippen LogP contribution in [0.2, 0.25) is 0 Å². The van der Waals surface area contributed by atoms with Crippen LogP contribution in [-0.2, 0) is 4.79 Å². The number of para-hydroxylation sites is 2. The van der Waals surface area contributed by atoms with Crippen LogP contribution in [0.5, 0.6) is 5.75 Å². The van der Waals surface area contributed by atoms with Crippen LogP contribution in [0, 0.1) is 0 Å². The Hall–Kier alpha value is -3.93. The van der Waals surface area contributed by atoms with Crippen molar-refractivity contribution in [2.75, 3.05) is 11.9 Å². The van der Waals surface area contributed by atoms with Gasteiger partial charge in [-0.2, -0.15) is 4.98 Å². The zero-order chi connectivity index (χ0) is 19.2. The molecule has 0 radical (unpaired) electrons. The molecule has 0 saturated carbocycles. The van der Waals surface area contributed by atoms with Gasteiger partial charge in [0.15, 0.2) is 6.61 Å². The van der Waals surface area contributed by atoms with Gasteiger partial charge < -0.3 is 14.6 Å². The van der Waals surface area contributed by atoms with Crippen LogP contribution >= 0.6 is 0 Å². The van der Waals surface area contributed by atoms with Crippen LogP contribution in [0.15, 0.2) is 89.5 Å². The summed E-state index contributed by atoms with van der Waals surface area (Å²) in [6.45, 7) is -0.0998. The minimum Gasteiger partial charge on any atom is -0.484 e. The lowest BCUT2D eigenvalue weighted by molar-refractivity contribution is -0.118. The van der Waals surface area contributed by atoms with Gasteiger partial charge in [0.2, 0.25) is 5.82 Å². The fraction of sp³-hybridized carbons (Fsp3) is 0.0455. The summed E-state index contributed by atoms with van der Waals surface area (Å²) in [5.41, 5.74) is 2.08. The number of benzene rings is 3. The number of carbonyl (C=O) groups excluding carboxylic acids is 1. The summed E-state index contributed by atoms with van der Waals surface area (Å²) in [6.07, 6.45) is 0. The monoisotopic (exact) mass is 371 g/mol. The maximum atomic E-state index is 12.3. The zero-order valence-corrected chi connectivity index (χ0v) is 14.9. The van der Waals surface area contributed by atoms with Gasteiger partial charge in [0.1, 0.15) is 5.75 Å². The van der Waals surface area contributed by atoms with E-state index in [4.69, 9.17) is 9.26 Å². The van der Waals surface area contributed by atoms with Crippen molar-refractivity contribution in [1.82, 2.24) is 10.1 Å². The number of hydrogen-bond donors (Lipinski definition) is 1. The van der Waals surface area contributed by atoms with E-state index in [-0.39, 0.29) is 12.5 Å². The topological polar surface area (TPSA) is 77.2 Å². The molecule has 4 aromatic rings. The van der Waals surface area contributed by atoms with Crippen LogP contribution in [0.25, 0.3) is 22.8 Å². The second kappa shape index (κ2) is 8.18. The molecule has 1 amide bonds. The lowest BCUT2D eigenvalue weighted by Gasteiger charge is -2.09. The predicted octanol–water partition coefficient (Wildman–Crippen LogP) is 4.42. The number of amides is 1. The molecule has 138 valence electrons. The van der Waals surface area contributed by atoms with Crippen LogP contribution in [0.1, 0.15) is 0 Å². The molecule has 0 bridgehead atoms. The van der Waals surface area contributed by atoms with E-state index in [2.05, 4.69) is 15.5 Å². The summed E-state index contributed by atoms with van der Waals surface area (Å²) < 4.78 is 10.9. The second-order valence-electron chi connectivity index (χ2n) is 5.98. The molecule has 4 rings (SSSR count). The van der Waals surface area contributed by atoms with Gasteiger partial charge >= 0.3 is 0 Å². The van der Waals surface area contributed by atoms with Crippen molar-refractivity contribution in [3.05, 3.63) is 84.9 Å². The highest BCUT2D eigenvalue weighted by molar-refractivity contribution is 5.95. The van der Waals surface area contributed by atoms with Gasteiger partial charge in [-0.3, -0.25) is 4.79 Å². The van der Waals surface area contributed by atoms with Crippen LogP contribution in [0.4, 0.5) is 5.69 Å². The molecule has 0 unspecified atom stereocenters. The average molecular weight is 371 g/mol. The Labute approximate surface area is 161 Å². The molecule has 6 heteroatoms. The highest BCUT2D eigenvalue weighted by atomic mass is 16.5. The molecule has 0 aliphatic carbocycles. The Balaban J connectivity index is 1.50. The van der Waals surface area contributed by atoms with Crippen LogP contribution in [-0.4, -0.2) is 22.7 Å². The first-order valence-corrected chi connectivity index (χ1v) is 8.76. The summed E-state index contributed by atoms with van der Waals surface area (Å²) in [5, 5.41) is 6.87. The Kier molecular flexibility index (Phi) is 5.11. The second-order valence-corrected chi connectivity index (χ2v) is 5.98. The van der Waals surface area contributed by atoms with Gasteiger partial charge in [-0.1, -0.05) is 65.8 Å². The molecule has 0 fully saturated rings. The molecule has 1 aromatic heterocycles. The highest BCUT2D eigenvalue weighted by Crippen LogP contribution is 2.28. The van der Waals surface area contributed by atoms with Crippen molar-refractivity contribution in [3.63, 3.8) is 0 Å². The van der Waals surface area contributed by atoms with Crippen molar-refractivity contribution >= 4 is 11.6 Å². The Morgan fingerprint density at radius 1 is 0.893 bits per heavy atom. The number of nitrogens with zero attached hydrogens (tertiary/aromatic N) is 2. The minimum atomic E-state index is -0.279. The third-order valence-corrected chi connectivity index (χ3v) is 4.00. The van der Waals surface area contributed by atoms with Crippen LogP contribution in [0.3, 0.4) is 0 Å². The molecule has 28 heavy (non-hydrogen) atoms. The molecule has 0 spiro atoms. The average Bonchev–Trinajstić information content (AvgIpc) is 3.24. The van der Waals surface area contributed by atoms with E-state index in [0.717, 1.165) is 5.56 Å². The van der Waals surface area contributed by atoms with Gasteiger partial charge in [-0.05, 0) is 24.3 Å².